The van der Waals surface area contributed by atoms with Gasteiger partial charge in [0, 0.05) is 24.1 Å². The number of carbonyl (C=O) groups is 1. The summed E-state index contributed by atoms with van der Waals surface area (Å²) in [4.78, 5) is 20.3. The molecule has 0 aliphatic heterocycles. The first-order valence-corrected chi connectivity index (χ1v) is 7.11. The Morgan fingerprint density at radius 1 is 1.27 bits per heavy atom. The molecular formula is C15H17ClN4O2. The third-order valence-corrected chi connectivity index (χ3v) is 3.04. The van der Waals surface area contributed by atoms with Crippen molar-refractivity contribution in [1.82, 2.24) is 9.97 Å². The smallest absolute Gasteiger partial charge is 0.258 e. The van der Waals surface area contributed by atoms with Gasteiger partial charge in [-0.1, -0.05) is 11.6 Å². The molecule has 0 aliphatic carbocycles. The summed E-state index contributed by atoms with van der Waals surface area (Å²) >= 11 is 6.02. The molecule has 0 aliphatic rings. The topological polar surface area (TPSA) is 76.1 Å². The quantitative estimate of drug-likeness (QED) is 0.884. The molecule has 0 saturated carbocycles. The number of carbonyl (C=O) groups excluding carboxylic acids is 1. The lowest BCUT2D eigenvalue weighted by Crippen LogP contribution is -2.15. The summed E-state index contributed by atoms with van der Waals surface area (Å²) in [6, 6.07) is 5.23. The van der Waals surface area contributed by atoms with Crippen LogP contribution < -0.4 is 15.4 Å². The second kappa shape index (κ2) is 7.09. The van der Waals surface area contributed by atoms with E-state index in [0.717, 1.165) is 0 Å². The lowest BCUT2D eigenvalue weighted by atomic mass is 10.2. The fourth-order valence-electron chi connectivity index (χ4n) is 1.73. The van der Waals surface area contributed by atoms with Gasteiger partial charge in [-0.05, 0) is 32.0 Å². The van der Waals surface area contributed by atoms with Gasteiger partial charge < -0.3 is 15.4 Å². The van der Waals surface area contributed by atoms with Crippen LogP contribution >= 0.6 is 11.6 Å². The van der Waals surface area contributed by atoms with Crippen LogP contribution in [0.15, 0.2) is 30.6 Å². The zero-order valence-electron chi connectivity index (χ0n) is 12.6. The lowest BCUT2D eigenvalue weighted by Gasteiger charge is -2.09. The number of benzene rings is 1. The molecule has 7 heteroatoms. The van der Waals surface area contributed by atoms with Gasteiger partial charge in [0.05, 0.1) is 17.7 Å². The summed E-state index contributed by atoms with van der Waals surface area (Å²) in [5.41, 5.74) is 0.932. The van der Waals surface area contributed by atoms with Crippen molar-refractivity contribution in [2.45, 2.75) is 19.9 Å². The highest BCUT2D eigenvalue weighted by atomic mass is 35.5. The molecule has 2 N–H and O–H groups in total. The maximum Gasteiger partial charge on any atom is 0.258 e. The summed E-state index contributed by atoms with van der Waals surface area (Å²) in [5.74, 6) is 0.725. The number of ether oxygens (including phenoxy) is 1. The summed E-state index contributed by atoms with van der Waals surface area (Å²) in [6.07, 6.45) is 2.94. The number of hydrogen-bond acceptors (Lipinski definition) is 5. The van der Waals surface area contributed by atoms with Gasteiger partial charge in [-0.25, -0.2) is 9.97 Å². The van der Waals surface area contributed by atoms with Gasteiger partial charge in [-0.2, -0.15) is 0 Å². The van der Waals surface area contributed by atoms with Gasteiger partial charge >= 0.3 is 0 Å². The van der Waals surface area contributed by atoms with Crippen LogP contribution in [0.1, 0.15) is 24.2 Å². The fourth-order valence-corrected chi connectivity index (χ4v) is 1.98. The summed E-state index contributed by atoms with van der Waals surface area (Å²) in [6.45, 7) is 3.97. The number of aromatic nitrogens is 2. The van der Waals surface area contributed by atoms with E-state index < -0.39 is 0 Å². The molecule has 0 bridgehead atoms. The van der Waals surface area contributed by atoms with Crippen LogP contribution in [-0.4, -0.2) is 29.0 Å². The Morgan fingerprint density at radius 3 is 2.50 bits per heavy atom. The highest BCUT2D eigenvalue weighted by Gasteiger charge is 2.09. The van der Waals surface area contributed by atoms with Crippen LogP contribution in [0.3, 0.4) is 0 Å². The molecule has 0 saturated heterocycles. The molecule has 0 unspecified atom stereocenters. The van der Waals surface area contributed by atoms with Crippen LogP contribution in [0.25, 0.3) is 0 Å². The first-order valence-electron chi connectivity index (χ1n) is 6.73. The number of nitrogens with one attached hydrogen (secondary N) is 2. The van der Waals surface area contributed by atoms with Crippen LogP contribution in [0, 0.1) is 0 Å². The average Bonchev–Trinajstić information content (AvgIpc) is 2.47. The largest absolute Gasteiger partial charge is 0.495 e. The van der Waals surface area contributed by atoms with E-state index in [4.69, 9.17) is 16.3 Å². The number of anilines is 2. The molecular weight excluding hydrogens is 304 g/mol. The Bertz CT molecular complexity index is 659. The average molecular weight is 321 g/mol. The Morgan fingerprint density at radius 2 is 1.95 bits per heavy atom. The fraction of sp³-hybridized carbons (Fsp3) is 0.267. The van der Waals surface area contributed by atoms with Crippen LogP contribution in [0.4, 0.5) is 11.6 Å². The molecule has 0 atom stereocenters. The molecule has 0 radical (unpaired) electrons. The van der Waals surface area contributed by atoms with Crippen LogP contribution in [0.5, 0.6) is 5.75 Å². The van der Waals surface area contributed by atoms with Gasteiger partial charge in [-0.3, -0.25) is 4.79 Å². The molecule has 2 rings (SSSR count). The summed E-state index contributed by atoms with van der Waals surface area (Å²) in [5, 5.41) is 6.21. The third kappa shape index (κ3) is 4.08. The number of methoxy groups -OCH3 is 1. The van der Waals surface area contributed by atoms with E-state index in [9.17, 15) is 4.79 Å². The Balaban J connectivity index is 2.07. The molecule has 116 valence electrons. The molecule has 1 amide bonds. The van der Waals surface area contributed by atoms with E-state index in [1.807, 2.05) is 13.8 Å². The zero-order chi connectivity index (χ0) is 16.1. The van der Waals surface area contributed by atoms with Crippen molar-refractivity contribution in [2.75, 3.05) is 17.7 Å². The van der Waals surface area contributed by atoms with Gasteiger partial charge in [0.1, 0.15) is 5.75 Å². The molecule has 0 fully saturated rings. The van der Waals surface area contributed by atoms with Crippen LogP contribution in [-0.2, 0) is 0 Å². The normalized spacial score (nSPS) is 10.4. The van der Waals surface area contributed by atoms with Crippen molar-refractivity contribution >= 4 is 29.1 Å². The number of amides is 1. The monoisotopic (exact) mass is 320 g/mol. The van der Waals surface area contributed by atoms with Crippen molar-refractivity contribution < 1.29 is 9.53 Å². The van der Waals surface area contributed by atoms with E-state index in [2.05, 4.69) is 20.6 Å². The van der Waals surface area contributed by atoms with E-state index in [1.54, 1.807) is 18.2 Å². The number of hydrogen-bond donors (Lipinski definition) is 2. The van der Waals surface area contributed by atoms with Gasteiger partial charge in [0.25, 0.3) is 5.91 Å². The van der Waals surface area contributed by atoms with Crippen molar-refractivity contribution in [3.63, 3.8) is 0 Å². The Kier molecular flexibility index (Phi) is 5.16. The summed E-state index contributed by atoms with van der Waals surface area (Å²) < 4.78 is 5.06. The minimum Gasteiger partial charge on any atom is -0.495 e. The van der Waals surface area contributed by atoms with E-state index in [0.29, 0.717) is 28.0 Å². The Labute approximate surface area is 133 Å². The van der Waals surface area contributed by atoms with Crippen molar-refractivity contribution in [2.24, 2.45) is 0 Å². The second-order valence-electron chi connectivity index (χ2n) is 4.90. The molecule has 0 spiro atoms. The van der Waals surface area contributed by atoms with Crippen molar-refractivity contribution in [1.29, 1.82) is 0 Å². The number of nitrogens with zero attached hydrogens (tertiary/aromatic N) is 2. The molecule has 1 aromatic carbocycles. The standard InChI is InChI=1S/C15H17ClN4O2/c1-9(2)19-15-17-7-10(8-18-15)14(21)20-11-4-5-13(22-3)12(16)6-11/h4-9H,1-3H3,(H,20,21)(H,17,18,19). The molecule has 22 heavy (non-hydrogen) atoms. The van der Waals surface area contributed by atoms with E-state index in [1.165, 1.54) is 19.5 Å². The van der Waals surface area contributed by atoms with E-state index >= 15 is 0 Å². The number of halogens is 1. The minimum atomic E-state index is -0.308. The SMILES string of the molecule is COc1ccc(NC(=O)c2cnc(NC(C)C)nc2)cc1Cl. The predicted molar refractivity (Wildman–Crippen MR) is 86.7 cm³/mol. The van der Waals surface area contributed by atoms with Gasteiger partial charge in [0.2, 0.25) is 5.95 Å². The second-order valence-corrected chi connectivity index (χ2v) is 5.31. The van der Waals surface area contributed by atoms with Crippen LogP contribution in [0.2, 0.25) is 5.02 Å². The van der Waals surface area contributed by atoms with Gasteiger partial charge in [0.15, 0.2) is 0 Å². The van der Waals surface area contributed by atoms with Gasteiger partial charge in [-0.15, -0.1) is 0 Å². The highest BCUT2D eigenvalue weighted by Crippen LogP contribution is 2.27. The molecule has 1 aromatic heterocycles. The first-order chi connectivity index (χ1) is 10.5. The molecule has 1 heterocycles. The highest BCUT2D eigenvalue weighted by molar-refractivity contribution is 6.32. The summed E-state index contributed by atoms with van der Waals surface area (Å²) in [7, 11) is 1.53. The maximum atomic E-state index is 12.1. The van der Waals surface area contributed by atoms with E-state index in [-0.39, 0.29) is 11.9 Å². The van der Waals surface area contributed by atoms with Crippen molar-refractivity contribution in [3.05, 3.63) is 41.2 Å². The van der Waals surface area contributed by atoms with Crippen molar-refractivity contribution in [3.8, 4) is 5.75 Å². The first kappa shape index (κ1) is 16.0. The maximum absolute atomic E-state index is 12.1. The molecule has 6 nitrogen and oxygen atoms in total. The number of rotatable bonds is 5. The minimum absolute atomic E-state index is 0.223. The lowest BCUT2D eigenvalue weighted by molar-refractivity contribution is 0.102. The Hall–Kier alpha value is -2.34. The zero-order valence-corrected chi connectivity index (χ0v) is 13.3. The predicted octanol–water partition coefficient (Wildman–Crippen LogP) is 3.21. The third-order valence-electron chi connectivity index (χ3n) is 2.74. The molecule has 2 aromatic rings.